The molecule has 1 aromatic heterocycles. The van der Waals surface area contributed by atoms with E-state index < -0.39 is 0 Å². The molecule has 0 aliphatic carbocycles. The maximum atomic E-state index is 5.44. The third-order valence-corrected chi connectivity index (χ3v) is 4.03. The second-order valence-corrected chi connectivity index (χ2v) is 5.94. The van der Waals surface area contributed by atoms with E-state index in [0.29, 0.717) is 24.9 Å². The number of methoxy groups -OCH3 is 1. The van der Waals surface area contributed by atoms with Crippen LogP contribution in [0.15, 0.2) is 54.6 Å². The number of aromatic nitrogens is 2. The highest BCUT2D eigenvalue weighted by molar-refractivity contribution is 5.68. The summed E-state index contributed by atoms with van der Waals surface area (Å²) in [7, 11) is 1.66. The smallest absolute Gasteiger partial charge is 0.231 e. The third-order valence-electron chi connectivity index (χ3n) is 4.03. The van der Waals surface area contributed by atoms with Gasteiger partial charge in [0.2, 0.25) is 12.7 Å². The van der Waals surface area contributed by atoms with Gasteiger partial charge in [0, 0.05) is 37.0 Å². The summed E-state index contributed by atoms with van der Waals surface area (Å²) in [5.74, 6) is 2.69. The summed E-state index contributed by atoms with van der Waals surface area (Å²) in [6.45, 7) is 1.44. The second kappa shape index (κ2) is 7.92. The summed E-state index contributed by atoms with van der Waals surface area (Å²) < 4.78 is 15.9. The van der Waals surface area contributed by atoms with E-state index in [9.17, 15) is 0 Å². The largest absolute Gasteiger partial charge is 0.454 e. The van der Waals surface area contributed by atoms with E-state index in [1.165, 1.54) is 0 Å². The number of ether oxygens (including phenoxy) is 3. The van der Waals surface area contributed by atoms with Gasteiger partial charge < -0.3 is 24.8 Å². The first kappa shape index (κ1) is 17.1. The fraction of sp³-hybridized carbons (Fsp3) is 0.200. The van der Waals surface area contributed by atoms with Gasteiger partial charge in [-0.1, -0.05) is 30.3 Å². The molecule has 0 atom stereocenters. The molecule has 1 aliphatic rings. The van der Waals surface area contributed by atoms with Gasteiger partial charge in [-0.05, 0) is 12.1 Å². The second-order valence-electron chi connectivity index (χ2n) is 5.94. The molecule has 0 fully saturated rings. The molecular formula is C20H20N4O3. The molecule has 0 amide bonds. The van der Waals surface area contributed by atoms with E-state index in [2.05, 4.69) is 20.6 Å². The molecule has 0 spiro atoms. The molecule has 0 saturated carbocycles. The lowest BCUT2D eigenvalue weighted by Gasteiger charge is -2.12. The molecule has 2 aromatic carbocycles. The highest BCUT2D eigenvalue weighted by Crippen LogP contribution is 2.35. The average molecular weight is 364 g/mol. The first-order chi connectivity index (χ1) is 13.3. The molecule has 0 saturated heterocycles. The summed E-state index contributed by atoms with van der Waals surface area (Å²) in [5.41, 5.74) is 2.71. The Morgan fingerprint density at radius 3 is 2.70 bits per heavy atom. The van der Waals surface area contributed by atoms with E-state index >= 15 is 0 Å². The van der Waals surface area contributed by atoms with Crippen molar-refractivity contribution in [1.82, 2.24) is 9.97 Å². The highest BCUT2D eigenvalue weighted by Gasteiger charge is 2.14. The number of anilines is 3. The molecule has 7 nitrogen and oxygen atoms in total. The molecule has 2 N–H and O–H groups in total. The normalized spacial score (nSPS) is 12.0. The molecule has 0 bridgehead atoms. The zero-order valence-electron chi connectivity index (χ0n) is 14.9. The van der Waals surface area contributed by atoms with Crippen LogP contribution in [0.1, 0.15) is 0 Å². The zero-order valence-corrected chi connectivity index (χ0v) is 14.9. The van der Waals surface area contributed by atoms with Crippen LogP contribution in [0.25, 0.3) is 11.3 Å². The van der Waals surface area contributed by atoms with Crippen molar-refractivity contribution in [2.24, 2.45) is 0 Å². The molecular weight excluding hydrogens is 344 g/mol. The van der Waals surface area contributed by atoms with Crippen molar-refractivity contribution in [2.75, 3.05) is 37.7 Å². The van der Waals surface area contributed by atoms with E-state index in [1.54, 1.807) is 7.11 Å². The van der Waals surface area contributed by atoms with Crippen molar-refractivity contribution in [1.29, 1.82) is 0 Å². The first-order valence-corrected chi connectivity index (χ1v) is 8.66. The maximum Gasteiger partial charge on any atom is 0.231 e. The summed E-state index contributed by atoms with van der Waals surface area (Å²) in [5, 5.41) is 6.51. The lowest BCUT2D eigenvalue weighted by Crippen LogP contribution is -2.11. The van der Waals surface area contributed by atoms with Gasteiger partial charge in [0.1, 0.15) is 5.82 Å². The van der Waals surface area contributed by atoms with Crippen LogP contribution in [-0.4, -0.2) is 37.0 Å². The summed E-state index contributed by atoms with van der Waals surface area (Å²) >= 11 is 0. The number of nitrogens with one attached hydrogen (secondary N) is 2. The molecule has 1 aliphatic heterocycles. The summed E-state index contributed by atoms with van der Waals surface area (Å²) in [4.78, 5) is 9.17. The molecule has 4 rings (SSSR count). The van der Waals surface area contributed by atoms with Gasteiger partial charge in [0.15, 0.2) is 11.5 Å². The van der Waals surface area contributed by atoms with E-state index in [1.807, 2.05) is 54.6 Å². The van der Waals surface area contributed by atoms with Crippen LogP contribution in [0.4, 0.5) is 17.5 Å². The lowest BCUT2D eigenvalue weighted by molar-refractivity contribution is 0.174. The number of hydrogen-bond acceptors (Lipinski definition) is 7. The molecule has 3 aromatic rings. The molecule has 0 radical (unpaired) electrons. The number of hydrogen-bond donors (Lipinski definition) is 2. The Morgan fingerprint density at radius 2 is 1.85 bits per heavy atom. The van der Waals surface area contributed by atoms with Gasteiger partial charge in [-0.3, -0.25) is 0 Å². The molecule has 2 heterocycles. The van der Waals surface area contributed by atoms with Gasteiger partial charge in [-0.15, -0.1) is 0 Å². The van der Waals surface area contributed by atoms with Crippen molar-refractivity contribution >= 4 is 17.5 Å². The minimum Gasteiger partial charge on any atom is -0.454 e. The Kier molecular flexibility index (Phi) is 5.02. The Labute approximate surface area is 157 Å². The van der Waals surface area contributed by atoms with Gasteiger partial charge >= 0.3 is 0 Å². The number of fused-ring (bicyclic) bond motifs is 1. The van der Waals surface area contributed by atoms with Gasteiger partial charge in [0.25, 0.3) is 0 Å². The summed E-state index contributed by atoms with van der Waals surface area (Å²) in [6, 6.07) is 17.6. The van der Waals surface area contributed by atoms with Crippen molar-refractivity contribution in [3.63, 3.8) is 0 Å². The van der Waals surface area contributed by atoms with Crippen LogP contribution in [0.5, 0.6) is 11.5 Å². The Hall–Kier alpha value is -3.32. The van der Waals surface area contributed by atoms with E-state index in [-0.39, 0.29) is 6.79 Å². The van der Waals surface area contributed by atoms with E-state index in [4.69, 9.17) is 14.2 Å². The topological polar surface area (TPSA) is 77.5 Å². The number of nitrogens with zero attached hydrogens (tertiary/aromatic N) is 2. The molecule has 27 heavy (non-hydrogen) atoms. The standard InChI is InChI=1S/C20H20N4O3/c1-25-10-9-21-20-23-16(14-5-3-2-4-6-14)12-19(24-20)22-15-7-8-17-18(11-15)27-13-26-17/h2-8,11-12H,9-10,13H2,1H3,(H2,21,22,23,24). The van der Waals surface area contributed by atoms with Crippen molar-refractivity contribution < 1.29 is 14.2 Å². The van der Waals surface area contributed by atoms with Gasteiger partial charge in [-0.2, -0.15) is 4.98 Å². The van der Waals surface area contributed by atoms with Crippen LogP contribution in [0, 0.1) is 0 Å². The molecule has 7 heteroatoms. The molecule has 138 valence electrons. The Balaban J connectivity index is 1.63. The fourth-order valence-corrected chi connectivity index (χ4v) is 2.73. The summed E-state index contributed by atoms with van der Waals surface area (Å²) in [6.07, 6.45) is 0. The highest BCUT2D eigenvalue weighted by atomic mass is 16.7. The van der Waals surface area contributed by atoms with Crippen molar-refractivity contribution in [3.05, 3.63) is 54.6 Å². The van der Waals surface area contributed by atoms with Crippen LogP contribution >= 0.6 is 0 Å². The Morgan fingerprint density at radius 1 is 1.00 bits per heavy atom. The number of rotatable bonds is 7. The van der Waals surface area contributed by atoms with Crippen LogP contribution in [-0.2, 0) is 4.74 Å². The maximum absolute atomic E-state index is 5.44. The Bertz CT molecular complexity index is 918. The minimum absolute atomic E-state index is 0.248. The lowest BCUT2D eigenvalue weighted by atomic mass is 10.1. The van der Waals surface area contributed by atoms with Crippen LogP contribution in [0.3, 0.4) is 0 Å². The zero-order chi connectivity index (χ0) is 18.5. The third kappa shape index (κ3) is 4.09. The van der Waals surface area contributed by atoms with E-state index in [0.717, 1.165) is 28.4 Å². The fourth-order valence-electron chi connectivity index (χ4n) is 2.73. The van der Waals surface area contributed by atoms with Gasteiger partial charge in [0.05, 0.1) is 12.3 Å². The molecule has 0 unspecified atom stereocenters. The number of benzene rings is 2. The predicted octanol–water partition coefficient (Wildman–Crippen LogP) is 3.67. The SMILES string of the molecule is COCCNc1nc(Nc2ccc3c(c2)OCO3)cc(-c2ccccc2)n1. The van der Waals surface area contributed by atoms with Crippen molar-refractivity contribution in [2.45, 2.75) is 0 Å². The average Bonchev–Trinajstić information content (AvgIpc) is 3.17. The van der Waals surface area contributed by atoms with Crippen molar-refractivity contribution in [3.8, 4) is 22.8 Å². The quantitative estimate of drug-likeness (QED) is 0.619. The van der Waals surface area contributed by atoms with Crippen LogP contribution < -0.4 is 20.1 Å². The monoisotopic (exact) mass is 364 g/mol. The predicted molar refractivity (Wildman–Crippen MR) is 104 cm³/mol. The first-order valence-electron chi connectivity index (χ1n) is 8.66. The minimum atomic E-state index is 0.248. The van der Waals surface area contributed by atoms with Gasteiger partial charge in [-0.25, -0.2) is 4.98 Å². The van der Waals surface area contributed by atoms with Crippen LogP contribution in [0.2, 0.25) is 0 Å².